The summed E-state index contributed by atoms with van der Waals surface area (Å²) in [5.74, 6) is -0.248. The van der Waals surface area contributed by atoms with E-state index in [1.807, 2.05) is 38.1 Å². The smallest absolute Gasteiger partial charge is 0.118 e. The summed E-state index contributed by atoms with van der Waals surface area (Å²) >= 11 is 0. The zero-order valence-electron chi connectivity index (χ0n) is 12.3. The van der Waals surface area contributed by atoms with Gasteiger partial charge in [-0.2, -0.15) is 0 Å². The summed E-state index contributed by atoms with van der Waals surface area (Å²) in [7, 11) is 1.61. The second-order valence-corrected chi connectivity index (χ2v) is 6.09. The third-order valence-corrected chi connectivity index (χ3v) is 4.02. The lowest BCUT2D eigenvalue weighted by Crippen LogP contribution is -2.46. The summed E-state index contributed by atoms with van der Waals surface area (Å²) in [4.78, 5) is 11.2. The van der Waals surface area contributed by atoms with E-state index in [0.717, 1.165) is 11.3 Å². The first kappa shape index (κ1) is 14.9. The molecular weight excluding hydrogens is 256 g/mol. The van der Waals surface area contributed by atoms with Gasteiger partial charge in [-0.1, -0.05) is 12.1 Å². The van der Waals surface area contributed by atoms with Crippen LogP contribution in [0.5, 0.6) is 5.75 Å². The topological polar surface area (TPSA) is 58.6 Å². The highest BCUT2D eigenvalue weighted by Gasteiger charge is 2.42. The average Bonchev–Trinajstić information content (AvgIpc) is 2.37. The van der Waals surface area contributed by atoms with E-state index in [2.05, 4.69) is 0 Å². The zero-order chi connectivity index (χ0) is 14.8. The van der Waals surface area contributed by atoms with Crippen molar-refractivity contribution in [1.29, 1.82) is 0 Å². The van der Waals surface area contributed by atoms with Crippen LogP contribution >= 0.6 is 0 Å². The molecule has 1 aliphatic rings. The second kappa shape index (κ2) is 5.44. The molecule has 2 rings (SSSR count). The fourth-order valence-corrected chi connectivity index (χ4v) is 3.20. The maximum absolute atomic E-state index is 11.2. The molecule has 20 heavy (non-hydrogen) atoms. The van der Waals surface area contributed by atoms with Gasteiger partial charge in [-0.05, 0) is 50.8 Å². The number of methoxy groups -OCH3 is 1. The predicted molar refractivity (Wildman–Crippen MR) is 73.6 cm³/mol. The van der Waals surface area contributed by atoms with Crippen molar-refractivity contribution in [1.82, 2.24) is 0 Å². The molecule has 0 aliphatic carbocycles. The molecule has 0 saturated carbocycles. The normalized spacial score (nSPS) is 25.1. The van der Waals surface area contributed by atoms with Crippen molar-refractivity contribution in [2.24, 2.45) is 0 Å². The van der Waals surface area contributed by atoms with Crippen LogP contribution in [0.2, 0.25) is 0 Å². The molecule has 1 aromatic rings. The van der Waals surface area contributed by atoms with Crippen molar-refractivity contribution in [2.75, 3.05) is 13.7 Å². The first-order valence-electron chi connectivity index (χ1n) is 6.85. The third kappa shape index (κ3) is 3.12. The Morgan fingerprint density at radius 3 is 2.50 bits per heavy atom. The number of carboxylic acid groups (broad SMARTS) is 1. The number of benzene rings is 1. The zero-order valence-corrected chi connectivity index (χ0v) is 12.3. The van der Waals surface area contributed by atoms with Crippen LogP contribution in [0.3, 0.4) is 0 Å². The molecule has 0 unspecified atom stereocenters. The molecule has 110 valence electrons. The molecule has 0 radical (unpaired) electrons. The van der Waals surface area contributed by atoms with Gasteiger partial charge in [-0.3, -0.25) is 0 Å². The quantitative estimate of drug-likeness (QED) is 0.840. The molecule has 0 amide bonds. The highest BCUT2D eigenvalue weighted by molar-refractivity contribution is 5.67. The van der Waals surface area contributed by atoms with E-state index >= 15 is 0 Å². The molecule has 1 heterocycles. The number of rotatable bonds is 4. The fraction of sp³-hybridized carbons (Fsp3) is 0.562. The first-order valence-corrected chi connectivity index (χ1v) is 6.85. The van der Waals surface area contributed by atoms with Gasteiger partial charge in [-0.25, -0.2) is 0 Å². The van der Waals surface area contributed by atoms with Gasteiger partial charge >= 0.3 is 0 Å². The lowest BCUT2D eigenvalue weighted by Gasteiger charge is -2.45. The Balaban J connectivity index is 2.37. The standard InChI is InChI=1S/C16H22O4/c1-15(2)11-16(8-9-20-15,10-14(17)18)12-4-6-13(19-3)7-5-12/h4-7H,8-11H2,1-3H3,(H,17,18)/p-1/t16-/m0/s1. The van der Waals surface area contributed by atoms with Crippen molar-refractivity contribution in [2.45, 2.75) is 44.1 Å². The summed E-state index contributed by atoms with van der Waals surface area (Å²) in [5.41, 5.74) is 0.263. The van der Waals surface area contributed by atoms with E-state index in [-0.39, 0.29) is 12.0 Å². The van der Waals surface area contributed by atoms with E-state index < -0.39 is 11.4 Å². The van der Waals surface area contributed by atoms with Gasteiger partial charge in [0.05, 0.1) is 12.7 Å². The van der Waals surface area contributed by atoms with Gasteiger partial charge in [0, 0.05) is 18.0 Å². The van der Waals surface area contributed by atoms with E-state index in [9.17, 15) is 9.90 Å². The minimum atomic E-state index is -1.02. The molecular formula is C16H21O4-. The number of carbonyl (C=O) groups is 1. The Morgan fingerprint density at radius 1 is 1.35 bits per heavy atom. The molecule has 0 N–H and O–H groups in total. The number of hydrogen-bond donors (Lipinski definition) is 0. The number of hydrogen-bond acceptors (Lipinski definition) is 4. The number of carbonyl (C=O) groups excluding carboxylic acids is 1. The molecule has 1 aromatic carbocycles. The Labute approximate surface area is 119 Å². The summed E-state index contributed by atoms with van der Waals surface area (Å²) in [6.45, 7) is 4.56. The van der Waals surface area contributed by atoms with Crippen LogP contribution in [0.25, 0.3) is 0 Å². The third-order valence-electron chi connectivity index (χ3n) is 4.02. The van der Waals surface area contributed by atoms with Crippen molar-refractivity contribution in [3.05, 3.63) is 29.8 Å². The van der Waals surface area contributed by atoms with Gasteiger partial charge in [-0.15, -0.1) is 0 Å². The molecule has 0 spiro atoms. The van der Waals surface area contributed by atoms with Crippen LogP contribution in [0.4, 0.5) is 0 Å². The minimum absolute atomic E-state index is 0.0200. The van der Waals surface area contributed by atoms with E-state index in [4.69, 9.17) is 9.47 Å². The minimum Gasteiger partial charge on any atom is -0.550 e. The van der Waals surface area contributed by atoms with Gasteiger partial charge in [0.1, 0.15) is 5.75 Å². The number of ether oxygens (including phenoxy) is 2. The molecule has 1 fully saturated rings. The van der Waals surface area contributed by atoms with Crippen molar-refractivity contribution < 1.29 is 19.4 Å². The fourth-order valence-electron chi connectivity index (χ4n) is 3.20. The molecule has 0 aromatic heterocycles. The van der Waals surface area contributed by atoms with Gasteiger partial charge in [0.15, 0.2) is 0 Å². The van der Waals surface area contributed by atoms with Crippen LogP contribution in [0, 0.1) is 0 Å². The highest BCUT2D eigenvalue weighted by atomic mass is 16.5. The van der Waals surface area contributed by atoms with Crippen LogP contribution in [0.1, 0.15) is 38.7 Å². The van der Waals surface area contributed by atoms with E-state index in [0.29, 0.717) is 19.4 Å². The molecule has 4 nitrogen and oxygen atoms in total. The Hall–Kier alpha value is -1.55. The predicted octanol–water partition coefficient (Wildman–Crippen LogP) is 1.66. The monoisotopic (exact) mass is 277 g/mol. The summed E-state index contributed by atoms with van der Waals surface area (Å²) in [6.07, 6.45) is 1.38. The first-order chi connectivity index (χ1) is 9.37. The molecule has 1 aliphatic heterocycles. The van der Waals surface area contributed by atoms with E-state index in [1.165, 1.54) is 0 Å². The second-order valence-electron chi connectivity index (χ2n) is 6.09. The Bertz CT molecular complexity index is 478. The van der Waals surface area contributed by atoms with Crippen LogP contribution in [0.15, 0.2) is 24.3 Å². The van der Waals surface area contributed by atoms with E-state index in [1.54, 1.807) is 7.11 Å². The lowest BCUT2D eigenvalue weighted by molar-refractivity contribution is -0.308. The summed E-state index contributed by atoms with van der Waals surface area (Å²) in [5, 5.41) is 11.2. The number of carboxylic acids is 1. The Morgan fingerprint density at radius 2 is 2.00 bits per heavy atom. The van der Waals surface area contributed by atoms with Gasteiger partial charge in [0.25, 0.3) is 0 Å². The lowest BCUT2D eigenvalue weighted by atomic mass is 9.67. The molecule has 0 bridgehead atoms. The van der Waals surface area contributed by atoms with Gasteiger partial charge in [0.2, 0.25) is 0 Å². The summed E-state index contributed by atoms with van der Waals surface area (Å²) in [6, 6.07) is 7.63. The Kier molecular flexibility index (Phi) is 4.04. The summed E-state index contributed by atoms with van der Waals surface area (Å²) < 4.78 is 10.9. The molecule has 1 atom stereocenters. The molecule has 1 saturated heterocycles. The largest absolute Gasteiger partial charge is 0.550 e. The SMILES string of the molecule is COc1ccc([C@]2(CC(=O)[O-])CCOC(C)(C)C2)cc1. The van der Waals surface area contributed by atoms with Crippen molar-refractivity contribution in [3.63, 3.8) is 0 Å². The van der Waals surface area contributed by atoms with Crippen molar-refractivity contribution >= 4 is 5.97 Å². The van der Waals surface area contributed by atoms with Crippen LogP contribution in [-0.2, 0) is 14.9 Å². The molecule has 4 heteroatoms. The van der Waals surface area contributed by atoms with Crippen LogP contribution in [-0.4, -0.2) is 25.3 Å². The van der Waals surface area contributed by atoms with Gasteiger partial charge < -0.3 is 19.4 Å². The average molecular weight is 277 g/mol. The maximum Gasteiger partial charge on any atom is 0.118 e. The highest BCUT2D eigenvalue weighted by Crippen LogP contribution is 2.44. The van der Waals surface area contributed by atoms with Crippen LogP contribution < -0.4 is 9.84 Å². The number of aliphatic carboxylic acids is 1. The van der Waals surface area contributed by atoms with Crippen molar-refractivity contribution in [3.8, 4) is 5.75 Å². The maximum atomic E-state index is 11.2.